The molecule has 2 aliphatic heterocycles. The number of amides is 1. The number of benzene rings is 1. The Kier molecular flexibility index (Phi) is 10.3. The molecule has 2 aliphatic rings. The monoisotopic (exact) mass is 421 g/mol. The molecule has 3 rings (SSSR count). The number of nitrogens with zero attached hydrogens (tertiary/aromatic N) is 2. The normalized spacial score (nSPS) is 18.1. The van der Waals surface area contributed by atoms with Gasteiger partial charge in [-0.3, -0.25) is 14.6 Å². The van der Waals surface area contributed by atoms with E-state index in [-0.39, 0.29) is 11.8 Å². The fraction of sp³-hybridized carbons (Fsp3) is 0.571. The molecule has 2 heterocycles. The van der Waals surface area contributed by atoms with Crippen molar-refractivity contribution in [3.8, 4) is 0 Å². The van der Waals surface area contributed by atoms with Gasteiger partial charge >= 0.3 is 11.9 Å². The Balaban J connectivity index is 0.000000469. The highest BCUT2D eigenvalue weighted by Gasteiger charge is 2.24. The first kappa shape index (κ1) is 23.8. The molecular formula is C21H31N3O6. The molecule has 1 aromatic carbocycles. The van der Waals surface area contributed by atoms with Gasteiger partial charge in [0.2, 0.25) is 5.91 Å². The minimum atomic E-state index is -1.82. The molecule has 0 bridgehead atoms. The fourth-order valence-electron chi connectivity index (χ4n) is 3.50. The van der Waals surface area contributed by atoms with Crippen LogP contribution in [0, 0.1) is 5.92 Å². The van der Waals surface area contributed by atoms with Gasteiger partial charge in [0, 0.05) is 38.6 Å². The predicted molar refractivity (Wildman–Crippen MR) is 110 cm³/mol. The number of hydrogen-bond donors (Lipinski definition) is 3. The van der Waals surface area contributed by atoms with Crippen molar-refractivity contribution in [1.82, 2.24) is 15.1 Å². The van der Waals surface area contributed by atoms with E-state index in [4.69, 9.17) is 24.5 Å². The van der Waals surface area contributed by atoms with E-state index in [9.17, 15) is 4.79 Å². The molecule has 0 aromatic heterocycles. The second-order valence-electron chi connectivity index (χ2n) is 7.39. The predicted octanol–water partition coefficient (Wildman–Crippen LogP) is 0.503. The van der Waals surface area contributed by atoms with Gasteiger partial charge in [-0.1, -0.05) is 30.3 Å². The smallest absolute Gasteiger partial charge is 0.414 e. The third-order valence-corrected chi connectivity index (χ3v) is 5.22. The standard InChI is InChI=1S/C19H29N3O2.C2H2O4/c23-19(20-8-11-21-12-14-24-15-13-21)18-6-9-22(10-7-18)16-17-4-2-1-3-5-17;3-1(4)2(5)6/h1-5,18H,6-16H2,(H,20,23);(H,3,4)(H,5,6). The lowest BCUT2D eigenvalue weighted by atomic mass is 9.95. The molecule has 3 N–H and O–H groups in total. The highest BCUT2D eigenvalue weighted by atomic mass is 16.5. The molecule has 2 saturated heterocycles. The minimum absolute atomic E-state index is 0.182. The van der Waals surface area contributed by atoms with Gasteiger partial charge in [-0.05, 0) is 31.5 Å². The molecular weight excluding hydrogens is 390 g/mol. The lowest BCUT2D eigenvalue weighted by Crippen LogP contribution is -2.44. The summed E-state index contributed by atoms with van der Waals surface area (Å²) in [6.07, 6.45) is 1.94. The number of carbonyl (C=O) groups excluding carboxylic acids is 1. The van der Waals surface area contributed by atoms with Crippen LogP contribution in [0.3, 0.4) is 0 Å². The van der Waals surface area contributed by atoms with E-state index in [1.165, 1.54) is 5.56 Å². The van der Waals surface area contributed by atoms with Crippen molar-refractivity contribution in [2.45, 2.75) is 19.4 Å². The highest BCUT2D eigenvalue weighted by Crippen LogP contribution is 2.19. The third-order valence-electron chi connectivity index (χ3n) is 5.22. The molecule has 0 saturated carbocycles. The summed E-state index contributed by atoms with van der Waals surface area (Å²) in [6, 6.07) is 10.6. The Morgan fingerprint density at radius 3 is 2.10 bits per heavy atom. The number of carboxylic acid groups (broad SMARTS) is 2. The zero-order chi connectivity index (χ0) is 21.8. The van der Waals surface area contributed by atoms with E-state index in [0.29, 0.717) is 0 Å². The van der Waals surface area contributed by atoms with Gasteiger partial charge in [0.1, 0.15) is 0 Å². The highest BCUT2D eigenvalue weighted by molar-refractivity contribution is 6.27. The molecule has 166 valence electrons. The number of morpholine rings is 1. The molecule has 0 spiro atoms. The van der Waals surface area contributed by atoms with Crippen LogP contribution < -0.4 is 5.32 Å². The first-order valence-corrected chi connectivity index (χ1v) is 10.3. The van der Waals surface area contributed by atoms with Crippen molar-refractivity contribution >= 4 is 17.8 Å². The molecule has 2 fully saturated rings. The van der Waals surface area contributed by atoms with Gasteiger partial charge in [-0.15, -0.1) is 0 Å². The third kappa shape index (κ3) is 8.89. The second-order valence-corrected chi connectivity index (χ2v) is 7.39. The molecule has 0 atom stereocenters. The fourth-order valence-corrected chi connectivity index (χ4v) is 3.50. The van der Waals surface area contributed by atoms with Gasteiger partial charge in [0.25, 0.3) is 0 Å². The van der Waals surface area contributed by atoms with Crippen LogP contribution in [0.2, 0.25) is 0 Å². The molecule has 1 aromatic rings. The summed E-state index contributed by atoms with van der Waals surface area (Å²) in [4.78, 5) is 35.3. The summed E-state index contributed by atoms with van der Waals surface area (Å²) in [6.45, 7) is 8.28. The molecule has 9 nitrogen and oxygen atoms in total. The average Bonchev–Trinajstić information content (AvgIpc) is 2.76. The molecule has 30 heavy (non-hydrogen) atoms. The van der Waals surface area contributed by atoms with Crippen LogP contribution in [0.1, 0.15) is 18.4 Å². The van der Waals surface area contributed by atoms with Crippen molar-refractivity contribution in [2.24, 2.45) is 5.92 Å². The van der Waals surface area contributed by atoms with E-state index < -0.39 is 11.9 Å². The lowest BCUT2D eigenvalue weighted by Gasteiger charge is -2.31. The topological polar surface area (TPSA) is 119 Å². The summed E-state index contributed by atoms with van der Waals surface area (Å²) < 4.78 is 5.34. The van der Waals surface area contributed by atoms with E-state index >= 15 is 0 Å². The van der Waals surface area contributed by atoms with Crippen LogP contribution >= 0.6 is 0 Å². The Morgan fingerprint density at radius 2 is 1.53 bits per heavy atom. The Hall–Kier alpha value is -2.49. The maximum absolute atomic E-state index is 12.3. The van der Waals surface area contributed by atoms with Crippen molar-refractivity contribution in [3.63, 3.8) is 0 Å². The SMILES string of the molecule is O=C(NCCN1CCOCC1)C1CCN(Cc2ccccc2)CC1.O=C(O)C(=O)O. The van der Waals surface area contributed by atoms with E-state index in [1.807, 2.05) is 0 Å². The Morgan fingerprint density at radius 1 is 0.933 bits per heavy atom. The summed E-state index contributed by atoms with van der Waals surface area (Å²) >= 11 is 0. The van der Waals surface area contributed by atoms with Crippen LogP contribution in [0.5, 0.6) is 0 Å². The van der Waals surface area contributed by atoms with Gasteiger partial charge in [0.15, 0.2) is 0 Å². The van der Waals surface area contributed by atoms with Crippen LogP contribution in [0.4, 0.5) is 0 Å². The number of hydrogen-bond acceptors (Lipinski definition) is 6. The zero-order valence-corrected chi connectivity index (χ0v) is 17.2. The van der Waals surface area contributed by atoms with Crippen molar-refractivity contribution in [3.05, 3.63) is 35.9 Å². The first-order chi connectivity index (χ1) is 14.5. The summed E-state index contributed by atoms with van der Waals surface area (Å²) in [7, 11) is 0. The molecule has 0 radical (unpaired) electrons. The van der Waals surface area contributed by atoms with Gasteiger partial charge in [0.05, 0.1) is 13.2 Å². The zero-order valence-electron chi connectivity index (χ0n) is 17.2. The van der Waals surface area contributed by atoms with Crippen LogP contribution in [-0.4, -0.2) is 90.3 Å². The molecule has 0 aliphatic carbocycles. The number of ether oxygens (including phenoxy) is 1. The minimum Gasteiger partial charge on any atom is -0.473 e. The lowest BCUT2D eigenvalue weighted by molar-refractivity contribution is -0.159. The summed E-state index contributed by atoms with van der Waals surface area (Å²) in [5, 5.41) is 17.9. The number of nitrogens with one attached hydrogen (secondary N) is 1. The maximum Gasteiger partial charge on any atom is 0.414 e. The number of likely N-dealkylation sites (tertiary alicyclic amines) is 1. The van der Waals surface area contributed by atoms with Crippen molar-refractivity contribution < 1.29 is 29.3 Å². The van der Waals surface area contributed by atoms with Crippen molar-refractivity contribution in [2.75, 3.05) is 52.5 Å². The van der Waals surface area contributed by atoms with Gasteiger partial charge < -0.3 is 20.3 Å². The molecule has 9 heteroatoms. The maximum atomic E-state index is 12.3. The van der Waals surface area contributed by atoms with Crippen LogP contribution in [0.25, 0.3) is 0 Å². The average molecular weight is 421 g/mol. The van der Waals surface area contributed by atoms with Crippen molar-refractivity contribution in [1.29, 1.82) is 0 Å². The van der Waals surface area contributed by atoms with E-state index in [2.05, 4.69) is 45.4 Å². The second kappa shape index (κ2) is 12.9. The quantitative estimate of drug-likeness (QED) is 0.568. The summed E-state index contributed by atoms with van der Waals surface area (Å²) in [5.74, 6) is -3.23. The molecule has 1 amide bonds. The number of carboxylic acids is 2. The van der Waals surface area contributed by atoms with E-state index in [1.54, 1.807) is 0 Å². The van der Waals surface area contributed by atoms with Crippen LogP contribution in [-0.2, 0) is 25.7 Å². The number of aliphatic carboxylic acids is 2. The van der Waals surface area contributed by atoms with Gasteiger partial charge in [-0.25, -0.2) is 9.59 Å². The number of piperidine rings is 1. The molecule has 0 unspecified atom stereocenters. The van der Waals surface area contributed by atoms with E-state index in [0.717, 1.165) is 71.9 Å². The summed E-state index contributed by atoms with van der Waals surface area (Å²) in [5.41, 5.74) is 1.35. The first-order valence-electron chi connectivity index (χ1n) is 10.3. The van der Waals surface area contributed by atoms with Crippen LogP contribution in [0.15, 0.2) is 30.3 Å². The Labute approximate surface area is 176 Å². The number of carbonyl (C=O) groups is 3. The number of rotatable bonds is 6. The Bertz CT molecular complexity index is 659. The van der Waals surface area contributed by atoms with Gasteiger partial charge in [-0.2, -0.15) is 0 Å². The largest absolute Gasteiger partial charge is 0.473 e.